The Hall–Kier alpha value is -6.37. The Morgan fingerprint density at radius 1 is 0.741 bits per heavy atom. The van der Waals surface area contributed by atoms with E-state index in [1.165, 1.54) is 43.4 Å². The molecule has 0 bridgehead atoms. The number of nitrogens with one attached hydrogen (secondary N) is 3. The van der Waals surface area contributed by atoms with Crippen LogP contribution in [-0.4, -0.2) is 44.0 Å². The number of para-hydroxylation sites is 1. The van der Waals surface area contributed by atoms with Crippen LogP contribution in [0.2, 0.25) is 0 Å². The summed E-state index contributed by atoms with van der Waals surface area (Å²) < 4.78 is 16.4. The highest BCUT2D eigenvalue weighted by molar-refractivity contribution is 8.00. The highest BCUT2D eigenvalue weighted by Crippen LogP contribution is 2.38. The molecule has 0 saturated heterocycles. The number of nitrogens with zero attached hydrogens (tertiary/aromatic N) is 1. The Bertz CT molecular complexity index is 2260. The quantitative estimate of drug-likeness (QED) is 0.0744. The molecule has 6 aromatic rings. The van der Waals surface area contributed by atoms with E-state index in [1.807, 2.05) is 72.1 Å². The van der Waals surface area contributed by atoms with Gasteiger partial charge in [0.25, 0.3) is 11.8 Å². The van der Waals surface area contributed by atoms with Crippen LogP contribution in [0.5, 0.6) is 17.2 Å². The number of ether oxygens (including phenoxy) is 3. The topological polar surface area (TPSA) is 128 Å². The second kappa shape index (κ2) is 17.9. The molecule has 1 unspecified atom stereocenters. The van der Waals surface area contributed by atoms with Gasteiger partial charge in [-0.15, -0.1) is 23.1 Å². The maximum atomic E-state index is 13.8. The Morgan fingerprint density at radius 2 is 1.43 bits per heavy atom. The van der Waals surface area contributed by atoms with Gasteiger partial charge in [0.1, 0.15) is 28.2 Å². The number of hydrogen-bond acceptors (Lipinski definition) is 9. The van der Waals surface area contributed by atoms with Crippen LogP contribution in [-0.2, 0) is 9.59 Å². The first-order chi connectivity index (χ1) is 26.3. The second-order valence-electron chi connectivity index (χ2n) is 11.6. The number of amides is 3. The highest BCUT2D eigenvalue weighted by Gasteiger charge is 2.24. The van der Waals surface area contributed by atoms with E-state index in [4.69, 9.17) is 14.2 Å². The van der Waals surface area contributed by atoms with Crippen molar-refractivity contribution in [1.29, 1.82) is 0 Å². The van der Waals surface area contributed by atoms with Gasteiger partial charge < -0.3 is 30.2 Å². The predicted octanol–water partition coefficient (Wildman–Crippen LogP) is 8.72. The summed E-state index contributed by atoms with van der Waals surface area (Å²) in [5, 5.41) is 10.4. The number of aromatic nitrogens is 1. The summed E-state index contributed by atoms with van der Waals surface area (Å²) in [6, 6.07) is 38.0. The Balaban J connectivity index is 1.20. The van der Waals surface area contributed by atoms with Gasteiger partial charge in [-0.3, -0.25) is 14.4 Å². The van der Waals surface area contributed by atoms with Gasteiger partial charge in [-0.25, -0.2) is 4.98 Å². The highest BCUT2D eigenvalue weighted by atomic mass is 32.2. The first kappa shape index (κ1) is 37.4. The molecule has 6 rings (SSSR count). The van der Waals surface area contributed by atoms with Crippen LogP contribution < -0.4 is 30.2 Å². The van der Waals surface area contributed by atoms with Crippen LogP contribution in [0, 0.1) is 0 Å². The van der Waals surface area contributed by atoms with E-state index in [0.717, 1.165) is 16.0 Å². The van der Waals surface area contributed by atoms with Crippen molar-refractivity contribution in [2.24, 2.45) is 0 Å². The monoisotopic (exact) mass is 756 g/mol. The molecule has 0 aliphatic heterocycles. The Kier molecular flexibility index (Phi) is 12.4. The van der Waals surface area contributed by atoms with Crippen LogP contribution >= 0.6 is 23.1 Å². The predicted molar refractivity (Wildman–Crippen MR) is 214 cm³/mol. The minimum Gasteiger partial charge on any atom is -0.497 e. The molecular weight excluding hydrogens is 721 g/mol. The second-order valence-corrected chi connectivity index (χ2v) is 13.6. The van der Waals surface area contributed by atoms with Gasteiger partial charge >= 0.3 is 0 Å². The molecule has 0 radical (unpaired) electrons. The van der Waals surface area contributed by atoms with Crippen LogP contribution in [0.4, 0.5) is 10.8 Å². The van der Waals surface area contributed by atoms with Crippen LogP contribution in [0.25, 0.3) is 17.3 Å². The van der Waals surface area contributed by atoms with Gasteiger partial charge in [0.05, 0.1) is 27.0 Å². The van der Waals surface area contributed by atoms with Crippen LogP contribution in [0.1, 0.15) is 26.7 Å². The minimum absolute atomic E-state index is 0.00859. The lowest BCUT2D eigenvalue weighted by atomic mass is 10.1. The zero-order valence-corrected chi connectivity index (χ0v) is 31.2. The van der Waals surface area contributed by atoms with E-state index >= 15 is 0 Å². The zero-order chi connectivity index (χ0) is 37.9. The molecule has 1 aromatic heterocycles. The molecule has 0 saturated carbocycles. The van der Waals surface area contributed by atoms with Crippen molar-refractivity contribution in [2.75, 3.05) is 32.0 Å². The molecule has 0 aliphatic carbocycles. The number of methoxy groups -OCH3 is 3. The number of thioether (sulfide) groups is 1. The molecule has 272 valence electrons. The third-order valence-electron chi connectivity index (χ3n) is 8.09. The maximum Gasteiger partial charge on any atom is 0.272 e. The van der Waals surface area contributed by atoms with E-state index in [9.17, 15) is 14.4 Å². The van der Waals surface area contributed by atoms with E-state index in [1.54, 1.807) is 67.8 Å². The maximum absolute atomic E-state index is 13.8. The number of benzene rings is 5. The molecular formula is C42H36N4O6S2. The lowest BCUT2D eigenvalue weighted by Crippen LogP contribution is -2.30. The van der Waals surface area contributed by atoms with Crippen molar-refractivity contribution in [1.82, 2.24) is 10.3 Å². The normalized spacial score (nSPS) is 11.6. The van der Waals surface area contributed by atoms with Gasteiger partial charge in [0.2, 0.25) is 5.91 Å². The first-order valence-electron chi connectivity index (χ1n) is 16.7. The number of rotatable bonds is 14. The molecule has 54 heavy (non-hydrogen) atoms. The number of carbonyl (C=O) groups is 3. The van der Waals surface area contributed by atoms with E-state index in [2.05, 4.69) is 20.9 Å². The summed E-state index contributed by atoms with van der Waals surface area (Å²) in [5.41, 5.74) is 3.74. The van der Waals surface area contributed by atoms with E-state index in [-0.39, 0.29) is 11.6 Å². The first-order valence-corrected chi connectivity index (χ1v) is 18.4. The standard InChI is InChI=1S/C42H36N4O6S2/c1-50-31-20-23-36(51-2)29(24-31)25-34(44-39(47)28-14-8-5-9-15-28)40(48)43-30-18-21-32(22-19-30)54-38(27-12-6-4-7-13-27)41(49)46-42-45-35(26-53-42)33-16-10-11-17-37(33)52-3/h4-26,38H,1-3H3,(H,43,48)(H,44,47)(H,45,46,49)/b34-25-. The van der Waals surface area contributed by atoms with Gasteiger partial charge in [-0.2, -0.15) is 0 Å². The number of anilines is 2. The summed E-state index contributed by atoms with van der Waals surface area (Å²) in [6.07, 6.45) is 1.53. The van der Waals surface area contributed by atoms with Crippen molar-refractivity contribution >= 4 is 57.7 Å². The lowest BCUT2D eigenvalue weighted by molar-refractivity contribution is -0.116. The van der Waals surface area contributed by atoms with Crippen LogP contribution in [0.3, 0.4) is 0 Å². The van der Waals surface area contributed by atoms with Gasteiger partial charge in [-0.1, -0.05) is 60.7 Å². The third kappa shape index (κ3) is 9.34. The molecule has 12 heteroatoms. The molecule has 1 atom stereocenters. The lowest BCUT2D eigenvalue weighted by Gasteiger charge is -2.17. The fourth-order valence-electron chi connectivity index (χ4n) is 5.38. The molecule has 0 spiro atoms. The van der Waals surface area contributed by atoms with Gasteiger partial charge in [-0.05, 0) is 78.4 Å². The van der Waals surface area contributed by atoms with Crippen LogP contribution in [0.15, 0.2) is 143 Å². The molecule has 3 amide bonds. The summed E-state index contributed by atoms with van der Waals surface area (Å²) in [4.78, 5) is 46.2. The van der Waals surface area contributed by atoms with Gasteiger partial charge in [0.15, 0.2) is 5.13 Å². The van der Waals surface area contributed by atoms with E-state index < -0.39 is 17.1 Å². The molecule has 10 nitrogen and oxygen atoms in total. The summed E-state index contributed by atoms with van der Waals surface area (Å²) >= 11 is 2.70. The fourth-order valence-corrected chi connectivity index (χ4v) is 7.12. The minimum atomic E-state index is -0.606. The zero-order valence-electron chi connectivity index (χ0n) is 29.6. The summed E-state index contributed by atoms with van der Waals surface area (Å²) in [7, 11) is 4.67. The molecule has 0 fully saturated rings. The fraction of sp³-hybridized carbons (Fsp3) is 0.0952. The van der Waals surface area contributed by atoms with Crippen molar-refractivity contribution in [2.45, 2.75) is 10.1 Å². The van der Waals surface area contributed by atoms with Crippen molar-refractivity contribution < 1.29 is 28.6 Å². The van der Waals surface area contributed by atoms with E-state index in [0.29, 0.717) is 44.9 Å². The molecule has 1 heterocycles. The van der Waals surface area contributed by atoms with Gasteiger partial charge in [0, 0.05) is 32.7 Å². The average molecular weight is 757 g/mol. The SMILES string of the molecule is COc1ccc(OC)c(/C=C(\NC(=O)c2ccccc2)C(=O)Nc2ccc(SC(C(=O)Nc3nc(-c4ccccc4OC)cs3)c3ccccc3)cc2)c1. The Labute approximate surface area is 321 Å². The number of carbonyl (C=O) groups excluding carboxylic acids is 3. The molecule has 3 N–H and O–H groups in total. The van der Waals surface area contributed by atoms with Crippen molar-refractivity contribution in [3.05, 3.63) is 155 Å². The smallest absolute Gasteiger partial charge is 0.272 e. The molecule has 0 aliphatic rings. The van der Waals surface area contributed by atoms with Crippen molar-refractivity contribution in [3.63, 3.8) is 0 Å². The van der Waals surface area contributed by atoms with Crippen molar-refractivity contribution in [3.8, 4) is 28.5 Å². The summed E-state index contributed by atoms with van der Waals surface area (Å²) in [5.74, 6) is 0.489. The average Bonchev–Trinajstić information content (AvgIpc) is 3.68. The summed E-state index contributed by atoms with van der Waals surface area (Å²) in [6.45, 7) is 0. The molecule has 5 aromatic carbocycles. The third-order valence-corrected chi connectivity index (χ3v) is 10.1. The number of hydrogen-bond donors (Lipinski definition) is 3. The Morgan fingerprint density at radius 3 is 2.13 bits per heavy atom. The number of thiazole rings is 1. The largest absolute Gasteiger partial charge is 0.497 e.